The third-order valence-corrected chi connectivity index (χ3v) is 2.94. The van der Waals surface area contributed by atoms with Crippen molar-refractivity contribution in [1.82, 2.24) is 0 Å². The first-order valence-corrected chi connectivity index (χ1v) is 5.65. The lowest BCUT2D eigenvalue weighted by atomic mass is 9.86. The van der Waals surface area contributed by atoms with Crippen LogP contribution in [0.1, 0.15) is 19.3 Å². The quantitative estimate of drug-likeness (QED) is 0.540. The van der Waals surface area contributed by atoms with Gasteiger partial charge in [0.1, 0.15) is 0 Å². The lowest BCUT2D eigenvalue weighted by Gasteiger charge is -2.43. The zero-order chi connectivity index (χ0) is 11.1. The van der Waals surface area contributed by atoms with Gasteiger partial charge < -0.3 is 26.7 Å². The van der Waals surface area contributed by atoms with E-state index in [1.807, 2.05) is 0 Å². The van der Waals surface area contributed by atoms with Gasteiger partial charge in [0.15, 0.2) is 0 Å². The van der Waals surface area contributed by atoms with Crippen LogP contribution in [0, 0.1) is 0 Å². The Hall–Kier alpha value is -0.200. The van der Waals surface area contributed by atoms with Crippen LogP contribution >= 0.6 is 0 Å². The van der Waals surface area contributed by atoms with Crippen LogP contribution < -0.4 is 17.2 Å². The Balaban J connectivity index is 2.68. The van der Waals surface area contributed by atoms with Gasteiger partial charge in [-0.05, 0) is 38.9 Å². The van der Waals surface area contributed by atoms with Gasteiger partial charge >= 0.3 is 0 Å². The van der Waals surface area contributed by atoms with E-state index in [9.17, 15) is 0 Å². The molecule has 1 aliphatic heterocycles. The molecule has 0 amide bonds. The summed E-state index contributed by atoms with van der Waals surface area (Å²) < 4.78 is 11.6. The number of hydrogen-bond donors (Lipinski definition) is 3. The Bertz CT molecular complexity index is 165. The molecule has 0 spiro atoms. The van der Waals surface area contributed by atoms with E-state index in [0.717, 1.165) is 19.3 Å². The van der Waals surface area contributed by atoms with Crippen molar-refractivity contribution < 1.29 is 9.47 Å². The fourth-order valence-electron chi connectivity index (χ4n) is 2.26. The Labute approximate surface area is 91.3 Å². The second kappa shape index (κ2) is 6.40. The smallest absolute Gasteiger partial charge is 0.0968 e. The highest BCUT2D eigenvalue weighted by molar-refractivity contribution is 4.92. The van der Waals surface area contributed by atoms with Crippen molar-refractivity contribution in [2.24, 2.45) is 17.2 Å². The molecular weight excluding hydrogens is 194 g/mol. The maximum atomic E-state index is 5.87. The molecule has 0 saturated carbocycles. The summed E-state index contributed by atoms with van der Waals surface area (Å²) in [5.74, 6) is 0. The van der Waals surface area contributed by atoms with Crippen LogP contribution in [0.2, 0.25) is 0 Å². The summed E-state index contributed by atoms with van der Waals surface area (Å²) in [6.07, 6.45) is 2.42. The second-order valence-electron chi connectivity index (χ2n) is 3.93. The Morgan fingerprint density at radius 1 is 1.00 bits per heavy atom. The molecule has 0 radical (unpaired) electrons. The topological polar surface area (TPSA) is 96.5 Å². The van der Waals surface area contributed by atoms with Crippen LogP contribution in [0.3, 0.4) is 0 Å². The minimum Gasteiger partial charge on any atom is -0.373 e. The molecule has 5 heteroatoms. The van der Waals surface area contributed by atoms with Gasteiger partial charge in [0.05, 0.1) is 24.9 Å². The van der Waals surface area contributed by atoms with Crippen LogP contribution in [0.4, 0.5) is 0 Å². The molecule has 0 aromatic heterocycles. The first kappa shape index (κ1) is 12.9. The molecule has 15 heavy (non-hydrogen) atoms. The summed E-state index contributed by atoms with van der Waals surface area (Å²) in [5.41, 5.74) is 16.5. The van der Waals surface area contributed by atoms with Gasteiger partial charge in [0.25, 0.3) is 0 Å². The van der Waals surface area contributed by atoms with Crippen LogP contribution in [0.15, 0.2) is 0 Å². The average Bonchev–Trinajstić information content (AvgIpc) is 2.23. The minimum absolute atomic E-state index is 0.0448. The van der Waals surface area contributed by atoms with E-state index in [4.69, 9.17) is 26.7 Å². The maximum absolute atomic E-state index is 5.87. The fourth-order valence-corrected chi connectivity index (χ4v) is 2.26. The molecule has 1 unspecified atom stereocenters. The molecule has 90 valence electrons. The van der Waals surface area contributed by atoms with E-state index in [1.54, 1.807) is 0 Å². The van der Waals surface area contributed by atoms with Crippen molar-refractivity contribution in [2.75, 3.05) is 32.8 Å². The van der Waals surface area contributed by atoms with Crippen molar-refractivity contribution in [3.8, 4) is 0 Å². The molecule has 0 bridgehead atoms. The van der Waals surface area contributed by atoms with Gasteiger partial charge in [-0.1, -0.05) is 0 Å². The lowest BCUT2D eigenvalue weighted by molar-refractivity contribution is -0.208. The zero-order valence-corrected chi connectivity index (χ0v) is 9.28. The first-order valence-electron chi connectivity index (χ1n) is 5.65. The SMILES string of the molecule is NCCC1OCCOC1(CCN)CCN. The molecule has 1 aliphatic rings. The van der Waals surface area contributed by atoms with Crippen molar-refractivity contribution >= 4 is 0 Å². The molecule has 6 N–H and O–H groups in total. The van der Waals surface area contributed by atoms with Gasteiger partial charge in [-0.25, -0.2) is 0 Å². The van der Waals surface area contributed by atoms with E-state index in [0.29, 0.717) is 32.8 Å². The second-order valence-corrected chi connectivity index (χ2v) is 3.93. The standard InChI is InChI=1S/C10H23N3O2/c11-4-1-9-10(2-5-12,3-6-13)15-8-7-14-9/h9H,1-8,11-13H2. The molecule has 0 aliphatic carbocycles. The summed E-state index contributed by atoms with van der Waals surface area (Å²) in [7, 11) is 0. The Morgan fingerprint density at radius 3 is 2.20 bits per heavy atom. The third kappa shape index (κ3) is 3.12. The van der Waals surface area contributed by atoms with Crippen LogP contribution in [-0.4, -0.2) is 44.6 Å². The highest BCUT2D eigenvalue weighted by Crippen LogP contribution is 2.31. The molecule has 0 aromatic carbocycles. The highest BCUT2D eigenvalue weighted by Gasteiger charge is 2.41. The number of hydrogen-bond acceptors (Lipinski definition) is 5. The van der Waals surface area contributed by atoms with E-state index in [-0.39, 0.29) is 11.7 Å². The Kier molecular flexibility index (Phi) is 5.49. The summed E-state index contributed by atoms with van der Waals surface area (Å²) in [6, 6.07) is 0. The Morgan fingerprint density at radius 2 is 1.67 bits per heavy atom. The van der Waals surface area contributed by atoms with Gasteiger partial charge in [-0.2, -0.15) is 0 Å². The molecule has 1 saturated heterocycles. The van der Waals surface area contributed by atoms with Gasteiger partial charge in [0.2, 0.25) is 0 Å². The average molecular weight is 217 g/mol. The summed E-state index contributed by atoms with van der Waals surface area (Å²) in [5, 5.41) is 0. The van der Waals surface area contributed by atoms with Crippen molar-refractivity contribution in [1.29, 1.82) is 0 Å². The lowest BCUT2D eigenvalue weighted by Crippen LogP contribution is -2.53. The molecule has 1 atom stereocenters. The van der Waals surface area contributed by atoms with Gasteiger partial charge in [-0.15, -0.1) is 0 Å². The predicted octanol–water partition coefficient (Wildman–Crippen LogP) is -0.813. The van der Waals surface area contributed by atoms with Crippen LogP contribution in [0.25, 0.3) is 0 Å². The van der Waals surface area contributed by atoms with Crippen LogP contribution in [0.5, 0.6) is 0 Å². The number of nitrogens with two attached hydrogens (primary N) is 3. The molecule has 0 aromatic rings. The van der Waals surface area contributed by atoms with Gasteiger partial charge in [0, 0.05) is 0 Å². The monoisotopic (exact) mass is 217 g/mol. The third-order valence-electron chi connectivity index (χ3n) is 2.94. The molecule has 1 rings (SSSR count). The zero-order valence-electron chi connectivity index (χ0n) is 9.28. The van der Waals surface area contributed by atoms with Crippen LogP contribution in [-0.2, 0) is 9.47 Å². The molecule has 1 fully saturated rings. The van der Waals surface area contributed by atoms with Gasteiger partial charge in [-0.3, -0.25) is 0 Å². The highest BCUT2D eigenvalue weighted by atomic mass is 16.6. The van der Waals surface area contributed by atoms with E-state index in [2.05, 4.69) is 0 Å². The normalized spacial score (nSPS) is 25.4. The fraction of sp³-hybridized carbons (Fsp3) is 1.00. The van der Waals surface area contributed by atoms with Crippen molar-refractivity contribution in [3.63, 3.8) is 0 Å². The summed E-state index contributed by atoms with van der Waals surface area (Å²) in [4.78, 5) is 0. The van der Waals surface area contributed by atoms with Crippen molar-refractivity contribution in [3.05, 3.63) is 0 Å². The minimum atomic E-state index is -0.304. The number of rotatable bonds is 6. The number of ether oxygens (including phenoxy) is 2. The molecule has 5 nitrogen and oxygen atoms in total. The van der Waals surface area contributed by atoms with E-state index in [1.165, 1.54) is 0 Å². The summed E-state index contributed by atoms with van der Waals surface area (Å²) >= 11 is 0. The molecular formula is C10H23N3O2. The van der Waals surface area contributed by atoms with Crippen molar-refractivity contribution in [2.45, 2.75) is 31.0 Å². The largest absolute Gasteiger partial charge is 0.373 e. The summed E-state index contributed by atoms with van der Waals surface area (Å²) in [6.45, 7) is 3.04. The first-order chi connectivity index (χ1) is 7.29. The predicted molar refractivity (Wildman–Crippen MR) is 59.4 cm³/mol. The van der Waals surface area contributed by atoms with E-state index >= 15 is 0 Å². The molecule has 1 heterocycles. The van der Waals surface area contributed by atoms with E-state index < -0.39 is 0 Å². The maximum Gasteiger partial charge on any atom is 0.0968 e.